The van der Waals surface area contributed by atoms with Gasteiger partial charge in [0.15, 0.2) is 0 Å². The molecule has 1 aliphatic heterocycles. The molecular formula is C16H23NO2. The summed E-state index contributed by atoms with van der Waals surface area (Å²) in [5, 5.41) is 9.05. The monoisotopic (exact) mass is 261 g/mol. The number of para-hydroxylation sites is 1. The number of hydrogen-bond donors (Lipinski definition) is 1. The molecule has 2 rings (SSSR count). The van der Waals surface area contributed by atoms with E-state index in [1.54, 1.807) is 0 Å². The fourth-order valence-corrected chi connectivity index (χ4v) is 3.34. The highest BCUT2D eigenvalue weighted by molar-refractivity contribution is 5.68. The Kier molecular flexibility index (Phi) is 3.57. The van der Waals surface area contributed by atoms with E-state index < -0.39 is 5.97 Å². The minimum atomic E-state index is -0.693. The smallest absolute Gasteiger partial charge is 0.303 e. The molecular weight excluding hydrogens is 238 g/mol. The van der Waals surface area contributed by atoms with Crippen LogP contribution in [0, 0.1) is 19.8 Å². The van der Waals surface area contributed by atoms with E-state index >= 15 is 0 Å². The van der Waals surface area contributed by atoms with Gasteiger partial charge >= 0.3 is 5.97 Å². The Hall–Kier alpha value is -1.51. The first kappa shape index (κ1) is 13.9. The Balaban J connectivity index is 2.34. The SMILES string of the molecule is Cc1cccc(C)c1N1CCC(CC(=O)O)C1(C)C. The minimum absolute atomic E-state index is 0.102. The summed E-state index contributed by atoms with van der Waals surface area (Å²) in [6.07, 6.45) is 1.21. The topological polar surface area (TPSA) is 40.5 Å². The molecule has 0 aliphatic carbocycles. The van der Waals surface area contributed by atoms with Gasteiger partial charge in [-0.15, -0.1) is 0 Å². The summed E-state index contributed by atoms with van der Waals surface area (Å²) < 4.78 is 0. The van der Waals surface area contributed by atoms with Crippen molar-refractivity contribution in [2.75, 3.05) is 11.4 Å². The Morgan fingerprint density at radius 3 is 2.47 bits per heavy atom. The molecule has 1 N–H and O–H groups in total. The van der Waals surface area contributed by atoms with Crippen molar-refractivity contribution in [1.82, 2.24) is 0 Å². The van der Waals surface area contributed by atoms with Crippen molar-refractivity contribution in [2.24, 2.45) is 5.92 Å². The number of hydrogen-bond acceptors (Lipinski definition) is 2. The first-order valence-corrected chi connectivity index (χ1v) is 6.89. The number of rotatable bonds is 3. The maximum absolute atomic E-state index is 11.0. The van der Waals surface area contributed by atoms with Crippen LogP contribution in [0.3, 0.4) is 0 Å². The Bertz CT molecular complexity index is 473. The first-order chi connectivity index (χ1) is 8.84. The second-order valence-electron chi connectivity index (χ2n) is 6.13. The molecule has 104 valence electrons. The lowest BCUT2D eigenvalue weighted by molar-refractivity contribution is -0.138. The number of nitrogens with zero attached hydrogens (tertiary/aromatic N) is 1. The molecule has 1 aromatic carbocycles. The zero-order valence-corrected chi connectivity index (χ0v) is 12.2. The van der Waals surface area contributed by atoms with Crippen LogP contribution in [0.1, 0.15) is 37.8 Å². The van der Waals surface area contributed by atoms with Crippen LogP contribution in [0.4, 0.5) is 5.69 Å². The fourth-order valence-electron chi connectivity index (χ4n) is 3.34. The highest BCUT2D eigenvalue weighted by atomic mass is 16.4. The molecule has 1 saturated heterocycles. The molecule has 1 fully saturated rings. The van der Waals surface area contributed by atoms with Crippen molar-refractivity contribution in [3.63, 3.8) is 0 Å². The number of carboxylic acid groups (broad SMARTS) is 1. The van der Waals surface area contributed by atoms with Gasteiger partial charge in [0.25, 0.3) is 0 Å². The third kappa shape index (κ3) is 2.46. The Labute approximate surface area is 115 Å². The molecule has 3 heteroatoms. The summed E-state index contributed by atoms with van der Waals surface area (Å²) >= 11 is 0. The van der Waals surface area contributed by atoms with Crippen LogP contribution in [0.25, 0.3) is 0 Å². The lowest BCUT2D eigenvalue weighted by Crippen LogP contribution is -2.43. The van der Waals surface area contributed by atoms with Gasteiger partial charge < -0.3 is 10.0 Å². The van der Waals surface area contributed by atoms with E-state index in [9.17, 15) is 4.79 Å². The van der Waals surface area contributed by atoms with Gasteiger partial charge in [-0.2, -0.15) is 0 Å². The van der Waals surface area contributed by atoms with E-state index in [0.29, 0.717) is 0 Å². The molecule has 0 aromatic heterocycles. The molecule has 1 aromatic rings. The van der Waals surface area contributed by atoms with Crippen molar-refractivity contribution in [3.8, 4) is 0 Å². The van der Waals surface area contributed by atoms with Crippen molar-refractivity contribution in [1.29, 1.82) is 0 Å². The molecule has 0 saturated carbocycles. The summed E-state index contributed by atoms with van der Waals surface area (Å²) in [5.41, 5.74) is 3.71. The van der Waals surface area contributed by atoms with Gasteiger partial charge in [0.2, 0.25) is 0 Å². The standard InChI is InChI=1S/C16H23NO2/c1-11-6-5-7-12(2)15(11)17-9-8-13(10-14(18)19)16(17,3)4/h5-7,13H,8-10H2,1-4H3,(H,18,19). The summed E-state index contributed by atoms with van der Waals surface area (Å²) in [6, 6.07) is 6.33. The van der Waals surface area contributed by atoms with Crippen LogP contribution in [0.5, 0.6) is 0 Å². The average molecular weight is 261 g/mol. The van der Waals surface area contributed by atoms with Gasteiger partial charge in [-0.05, 0) is 51.2 Å². The maximum atomic E-state index is 11.0. The normalized spacial score (nSPS) is 21.7. The van der Waals surface area contributed by atoms with E-state index in [1.807, 2.05) is 0 Å². The zero-order chi connectivity index (χ0) is 14.2. The molecule has 0 amide bonds. The largest absolute Gasteiger partial charge is 0.481 e. The number of carbonyl (C=O) groups is 1. The second-order valence-corrected chi connectivity index (χ2v) is 6.13. The maximum Gasteiger partial charge on any atom is 0.303 e. The highest BCUT2D eigenvalue weighted by Crippen LogP contribution is 2.42. The van der Waals surface area contributed by atoms with E-state index in [4.69, 9.17) is 5.11 Å². The number of carboxylic acids is 1. The summed E-state index contributed by atoms with van der Waals surface area (Å²) in [6.45, 7) is 9.53. The van der Waals surface area contributed by atoms with Crippen molar-refractivity contribution >= 4 is 11.7 Å². The van der Waals surface area contributed by atoms with Crippen molar-refractivity contribution < 1.29 is 9.90 Å². The van der Waals surface area contributed by atoms with E-state index in [2.05, 4.69) is 50.8 Å². The average Bonchev–Trinajstić information content (AvgIpc) is 2.55. The molecule has 3 nitrogen and oxygen atoms in total. The molecule has 0 radical (unpaired) electrons. The van der Waals surface area contributed by atoms with Crippen LogP contribution < -0.4 is 4.90 Å². The second kappa shape index (κ2) is 4.87. The fraction of sp³-hybridized carbons (Fsp3) is 0.562. The van der Waals surface area contributed by atoms with Gasteiger partial charge in [-0.3, -0.25) is 4.79 Å². The number of anilines is 1. The number of aliphatic carboxylic acids is 1. The van der Waals surface area contributed by atoms with Crippen LogP contribution in [0.2, 0.25) is 0 Å². The molecule has 1 atom stereocenters. The quantitative estimate of drug-likeness (QED) is 0.906. The van der Waals surface area contributed by atoms with Crippen LogP contribution in [-0.4, -0.2) is 23.2 Å². The van der Waals surface area contributed by atoms with Gasteiger partial charge in [-0.1, -0.05) is 18.2 Å². The third-order valence-electron chi connectivity index (χ3n) is 4.53. The van der Waals surface area contributed by atoms with Crippen LogP contribution in [-0.2, 0) is 4.79 Å². The summed E-state index contributed by atoms with van der Waals surface area (Å²) in [4.78, 5) is 13.4. The molecule has 1 heterocycles. The molecule has 19 heavy (non-hydrogen) atoms. The summed E-state index contributed by atoms with van der Waals surface area (Å²) in [7, 11) is 0. The van der Waals surface area contributed by atoms with Crippen LogP contribution >= 0.6 is 0 Å². The van der Waals surface area contributed by atoms with Crippen LogP contribution in [0.15, 0.2) is 18.2 Å². The van der Waals surface area contributed by atoms with E-state index in [1.165, 1.54) is 16.8 Å². The Morgan fingerprint density at radius 2 is 1.95 bits per heavy atom. The van der Waals surface area contributed by atoms with Gasteiger partial charge in [0.1, 0.15) is 0 Å². The number of benzene rings is 1. The van der Waals surface area contributed by atoms with E-state index in [-0.39, 0.29) is 17.9 Å². The number of aryl methyl sites for hydroxylation is 2. The first-order valence-electron chi connectivity index (χ1n) is 6.89. The lowest BCUT2D eigenvalue weighted by Gasteiger charge is -2.39. The Morgan fingerprint density at radius 1 is 1.37 bits per heavy atom. The van der Waals surface area contributed by atoms with Gasteiger partial charge in [0, 0.05) is 17.8 Å². The molecule has 1 aliphatic rings. The van der Waals surface area contributed by atoms with Gasteiger partial charge in [-0.25, -0.2) is 0 Å². The lowest BCUT2D eigenvalue weighted by atomic mass is 9.85. The van der Waals surface area contributed by atoms with Gasteiger partial charge in [0.05, 0.1) is 6.42 Å². The van der Waals surface area contributed by atoms with Crippen molar-refractivity contribution in [3.05, 3.63) is 29.3 Å². The zero-order valence-electron chi connectivity index (χ0n) is 12.2. The summed E-state index contributed by atoms with van der Waals surface area (Å²) in [5.74, 6) is -0.481. The predicted molar refractivity (Wildman–Crippen MR) is 77.7 cm³/mol. The molecule has 0 bridgehead atoms. The minimum Gasteiger partial charge on any atom is -0.481 e. The molecule has 1 unspecified atom stereocenters. The van der Waals surface area contributed by atoms with Crippen molar-refractivity contribution in [2.45, 2.75) is 46.1 Å². The molecule has 0 spiro atoms. The van der Waals surface area contributed by atoms with E-state index in [0.717, 1.165) is 13.0 Å². The predicted octanol–water partition coefficient (Wildman–Crippen LogP) is 3.38. The highest BCUT2D eigenvalue weighted by Gasteiger charge is 2.42. The third-order valence-corrected chi connectivity index (χ3v) is 4.53.